The normalized spacial score (nSPS) is 10.7. The predicted molar refractivity (Wildman–Crippen MR) is 97.6 cm³/mol. The van der Waals surface area contributed by atoms with Crippen LogP contribution in [0, 0.1) is 11.3 Å². The summed E-state index contributed by atoms with van der Waals surface area (Å²) in [6.45, 7) is 0.587. The van der Waals surface area contributed by atoms with E-state index in [1.165, 1.54) is 6.08 Å². The van der Waals surface area contributed by atoms with E-state index in [1.54, 1.807) is 24.4 Å². The minimum absolute atomic E-state index is 0.356. The van der Waals surface area contributed by atoms with Crippen LogP contribution in [0.2, 0.25) is 0 Å². The second-order valence-corrected chi connectivity index (χ2v) is 5.56. The average Bonchev–Trinajstić information content (AvgIpc) is 3.31. The predicted octanol–water partition coefficient (Wildman–Crippen LogP) is 2.36. The number of aromatic nitrogens is 2. The second kappa shape index (κ2) is 7.85. The fourth-order valence-corrected chi connectivity index (χ4v) is 2.63. The van der Waals surface area contributed by atoms with Crippen LogP contribution in [-0.2, 0) is 11.3 Å². The molecule has 0 bridgehead atoms. The van der Waals surface area contributed by atoms with Gasteiger partial charge in [-0.3, -0.25) is 20.4 Å². The molecule has 0 aliphatic rings. The molecule has 0 saturated heterocycles. The van der Waals surface area contributed by atoms with Gasteiger partial charge in [-0.1, -0.05) is 18.2 Å². The van der Waals surface area contributed by atoms with Crippen molar-refractivity contribution in [2.75, 3.05) is 0 Å². The van der Waals surface area contributed by atoms with Crippen LogP contribution in [0.25, 0.3) is 17.0 Å². The van der Waals surface area contributed by atoms with E-state index < -0.39 is 11.8 Å². The Morgan fingerprint density at radius 3 is 2.81 bits per heavy atom. The third kappa shape index (κ3) is 3.82. The topological polar surface area (TPSA) is 103 Å². The van der Waals surface area contributed by atoms with Gasteiger partial charge in [0, 0.05) is 41.5 Å². The number of carbonyl (C=O) groups is 2. The second-order valence-electron chi connectivity index (χ2n) is 5.56. The zero-order valence-electron chi connectivity index (χ0n) is 13.9. The minimum atomic E-state index is -0.446. The van der Waals surface area contributed by atoms with Crippen LogP contribution in [-0.4, -0.2) is 21.4 Å². The van der Waals surface area contributed by atoms with Gasteiger partial charge in [0.15, 0.2) is 0 Å². The highest BCUT2D eigenvalue weighted by atomic mass is 16.2. The molecule has 2 heterocycles. The first-order valence-electron chi connectivity index (χ1n) is 8.05. The van der Waals surface area contributed by atoms with Gasteiger partial charge >= 0.3 is 0 Å². The van der Waals surface area contributed by atoms with Gasteiger partial charge in [0.1, 0.15) is 5.69 Å². The van der Waals surface area contributed by atoms with Gasteiger partial charge in [0.05, 0.1) is 12.5 Å². The first-order chi connectivity index (χ1) is 12.7. The number of H-pyrrole nitrogens is 1. The first kappa shape index (κ1) is 17.0. The highest BCUT2D eigenvalue weighted by Gasteiger charge is 2.08. The summed E-state index contributed by atoms with van der Waals surface area (Å²) in [6, 6.07) is 13.2. The molecule has 2 amide bonds. The standard InChI is InChI=1S/C19H17N5O2/c20-10-4-12-24-13-14(15-5-1-2-7-17(15)24)8-9-18(25)22-23-19(26)16-6-3-11-21-16/h1-3,5-9,11,13,21H,4,12H2,(H,22,25)(H,23,26). The maximum atomic E-state index is 11.9. The van der Waals surface area contributed by atoms with Crippen LogP contribution < -0.4 is 10.9 Å². The zero-order valence-corrected chi connectivity index (χ0v) is 13.9. The third-order valence-electron chi connectivity index (χ3n) is 3.84. The Bertz CT molecular complexity index is 993. The van der Waals surface area contributed by atoms with E-state index in [0.29, 0.717) is 18.7 Å². The Morgan fingerprint density at radius 1 is 1.19 bits per heavy atom. The van der Waals surface area contributed by atoms with Crippen molar-refractivity contribution in [1.29, 1.82) is 5.26 Å². The Hall–Kier alpha value is -3.79. The molecular formula is C19H17N5O2. The number of fused-ring (bicyclic) bond motifs is 1. The van der Waals surface area contributed by atoms with Crippen molar-refractivity contribution in [3.63, 3.8) is 0 Å². The van der Waals surface area contributed by atoms with E-state index in [-0.39, 0.29) is 0 Å². The molecule has 3 aromatic rings. The number of nitrogens with zero attached hydrogens (tertiary/aromatic N) is 2. The van der Waals surface area contributed by atoms with Crippen molar-refractivity contribution in [3.8, 4) is 6.07 Å². The molecule has 0 aliphatic heterocycles. The van der Waals surface area contributed by atoms with Crippen molar-refractivity contribution in [2.24, 2.45) is 0 Å². The summed E-state index contributed by atoms with van der Waals surface area (Å²) >= 11 is 0. The summed E-state index contributed by atoms with van der Waals surface area (Å²) in [5.41, 5.74) is 6.89. The van der Waals surface area contributed by atoms with E-state index >= 15 is 0 Å². The van der Waals surface area contributed by atoms with E-state index in [2.05, 4.69) is 21.9 Å². The SMILES string of the molecule is N#CCCn1cc(C=CC(=O)NNC(=O)c2ccc[nH]2)c2ccccc21. The summed E-state index contributed by atoms with van der Waals surface area (Å²) in [7, 11) is 0. The van der Waals surface area contributed by atoms with E-state index in [4.69, 9.17) is 5.26 Å². The fourth-order valence-electron chi connectivity index (χ4n) is 2.63. The number of carbonyl (C=O) groups excluding carboxylic acids is 2. The van der Waals surface area contributed by atoms with Gasteiger partial charge in [-0.05, 0) is 24.3 Å². The van der Waals surface area contributed by atoms with Crippen LogP contribution in [0.4, 0.5) is 0 Å². The van der Waals surface area contributed by atoms with Crippen molar-refractivity contribution < 1.29 is 9.59 Å². The van der Waals surface area contributed by atoms with Gasteiger partial charge in [0.2, 0.25) is 0 Å². The lowest BCUT2D eigenvalue weighted by atomic mass is 10.1. The lowest BCUT2D eigenvalue weighted by Gasteiger charge is -2.03. The zero-order chi connectivity index (χ0) is 18.4. The van der Waals surface area contributed by atoms with Crippen LogP contribution in [0.3, 0.4) is 0 Å². The highest BCUT2D eigenvalue weighted by molar-refractivity contribution is 5.98. The van der Waals surface area contributed by atoms with Gasteiger partial charge in [0.25, 0.3) is 11.8 Å². The van der Waals surface area contributed by atoms with Crippen molar-refractivity contribution in [1.82, 2.24) is 20.4 Å². The molecular weight excluding hydrogens is 330 g/mol. The first-order valence-corrected chi connectivity index (χ1v) is 8.05. The lowest BCUT2D eigenvalue weighted by Crippen LogP contribution is -2.40. The largest absolute Gasteiger partial charge is 0.357 e. The molecule has 7 nitrogen and oxygen atoms in total. The van der Waals surface area contributed by atoms with Crippen LogP contribution in [0.5, 0.6) is 0 Å². The van der Waals surface area contributed by atoms with Crippen LogP contribution in [0.1, 0.15) is 22.5 Å². The Kier molecular flexibility index (Phi) is 5.15. The van der Waals surface area contributed by atoms with Crippen molar-refractivity contribution in [2.45, 2.75) is 13.0 Å². The van der Waals surface area contributed by atoms with E-state index in [1.807, 2.05) is 35.0 Å². The molecule has 0 fully saturated rings. The third-order valence-corrected chi connectivity index (χ3v) is 3.84. The quantitative estimate of drug-likeness (QED) is 0.487. The summed E-state index contributed by atoms with van der Waals surface area (Å²) < 4.78 is 1.99. The maximum absolute atomic E-state index is 11.9. The number of para-hydroxylation sites is 1. The number of rotatable bonds is 5. The number of hydrogen-bond donors (Lipinski definition) is 3. The average molecular weight is 347 g/mol. The number of hydrogen-bond acceptors (Lipinski definition) is 3. The molecule has 130 valence electrons. The Labute approximate surface area is 149 Å². The Balaban J connectivity index is 1.69. The molecule has 0 atom stereocenters. The van der Waals surface area contributed by atoms with Gasteiger partial charge in [-0.25, -0.2) is 0 Å². The molecule has 0 aliphatic carbocycles. The number of nitrogens with one attached hydrogen (secondary N) is 3. The number of aryl methyl sites for hydroxylation is 1. The van der Waals surface area contributed by atoms with E-state index in [9.17, 15) is 9.59 Å². The minimum Gasteiger partial charge on any atom is -0.357 e. The molecule has 0 radical (unpaired) electrons. The molecule has 7 heteroatoms. The molecule has 2 aromatic heterocycles. The number of amides is 2. The van der Waals surface area contributed by atoms with Crippen LogP contribution in [0.15, 0.2) is 54.9 Å². The maximum Gasteiger partial charge on any atom is 0.286 e. The smallest absolute Gasteiger partial charge is 0.286 e. The summed E-state index contributed by atoms with van der Waals surface area (Å²) in [6.07, 6.45) is 6.97. The summed E-state index contributed by atoms with van der Waals surface area (Å²) in [5, 5.41) is 9.78. The lowest BCUT2D eigenvalue weighted by molar-refractivity contribution is -0.117. The molecule has 0 unspecified atom stereocenters. The highest BCUT2D eigenvalue weighted by Crippen LogP contribution is 2.22. The summed E-state index contributed by atoms with van der Waals surface area (Å²) in [4.78, 5) is 26.4. The molecule has 0 saturated carbocycles. The molecule has 3 N–H and O–H groups in total. The van der Waals surface area contributed by atoms with Crippen molar-refractivity contribution in [3.05, 3.63) is 66.1 Å². The molecule has 3 rings (SSSR count). The van der Waals surface area contributed by atoms with Gasteiger partial charge in [-0.2, -0.15) is 5.26 Å². The molecule has 1 aromatic carbocycles. The summed E-state index contributed by atoms with van der Waals surface area (Å²) in [5.74, 6) is -0.872. The van der Waals surface area contributed by atoms with Gasteiger partial charge < -0.3 is 9.55 Å². The monoisotopic (exact) mass is 347 g/mol. The van der Waals surface area contributed by atoms with Gasteiger partial charge in [-0.15, -0.1) is 0 Å². The van der Waals surface area contributed by atoms with E-state index in [0.717, 1.165) is 16.5 Å². The van der Waals surface area contributed by atoms with Crippen LogP contribution >= 0.6 is 0 Å². The molecule has 26 heavy (non-hydrogen) atoms. The number of aromatic amines is 1. The Morgan fingerprint density at radius 2 is 2.04 bits per heavy atom. The number of nitriles is 1. The number of hydrazine groups is 1. The molecule has 0 spiro atoms. The van der Waals surface area contributed by atoms with Crippen molar-refractivity contribution >= 4 is 28.8 Å². The fraction of sp³-hybridized carbons (Fsp3) is 0.105. The number of benzene rings is 1.